The molecule has 1 aliphatic heterocycles. The molecule has 0 spiro atoms. The van der Waals surface area contributed by atoms with Crippen LogP contribution in [-0.4, -0.2) is 68.8 Å². The number of anilines is 1. The largest absolute Gasteiger partial charge is 0.390 e. The minimum absolute atomic E-state index is 0.0165. The number of aromatic nitrogens is 4. The monoisotopic (exact) mass is 496 g/mol. The predicted octanol–water partition coefficient (Wildman–Crippen LogP) is 2.98. The van der Waals surface area contributed by atoms with Gasteiger partial charge in [0, 0.05) is 24.7 Å². The summed E-state index contributed by atoms with van der Waals surface area (Å²) in [6.07, 6.45) is 1.97. The summed E-state index contributed by atoms with van der Waals surface area (Å²) in [6.45, 7) is 6.09. The fourth-order valence-electron chi connectivity index (χ4n) is 4.23. The highest BCUT2D eigenvalue weighted by Gasteiger charge is 2.32. The smallest absolute Gasteiger partial charge is 0.223 e. The Balaban J connectivity index is 1.66. The van der Waals surface area contributed by atoms with Crippen LogP contribution in [0.2, 0.25) is 5.02 Å². The lowest BCUT2D eigenvalue weighted by Crippen LogP contribution is -2.51. The van der Waals surface area contributed by atoms with Gasteiger partial charge in [0.15, 0.2) is 5.82 Å². The summed E-state index contributed by atoms with van der Waals surface area (Å²) < 4.78 is 41.6. The topological polar surface area (TPSA) is 113 Å². The molecular formula is C21H26ClFN6O3S. The molecule has 1 fully saturated rings. The van der Waals surface area contributed by atoms with Gasteiger partial charge in [-0.2, -0.15) is 4.31 Å². The molecule has 0 saturated carbocycles. The highest BCUT2D eigenvalue weighted by molar-refractivity contribution is 7.88. The number of fused-ring (bicyclic) bond motifs is 1. The average Bonchev–Trinajstić information content (AvgIpc) is 3.06. The van der Waals surface area contributed by atoms with Gasteiger partial charge in [-0.3, -0.25) is 0 Å². The van der Waals surface area contributed by atoms with Crippen molar-refractivity contribution in [3.8, 4) is 11.3 Å². The number of nitrogens with one attached hydrogen (secondary N) is 1. The molecule has 4 rings (SSSR count). The average molecular weight is 497 g/mol. The van der Waals surface area contributed by atoms with Crippen LogP contribution in [-0.2, 0) is 10.0 Å². The Morgan fingerprint density at radius 1 is 1.30 bits per heavy atom. The molecule has 2 aromatic heterocycles. The van der Waals surface area contributed by atoms with E-state index in [4.69, 9.17) is 11.6 Å². The number of β-amino-alcohol motifs (C(OH)–C–C–N with tert-alkyl or cyclic N) is 1. The zero-order chi connectivity index (χ0) is 24.1. The van der Waals surface area contributed by atoms with Crippen molar-refractivity contribution in [1.29, 1.82) is 0 Å². The first-order valence-corrected chi connectivity index (χ1v) is 12.8. The molecule has 3 heterocycles. The van der Waals surface area contributed by atoms with Gasteiger partial charge in [-0.05, 0) is 39.3 Å². The van der Waals surface area contributed by atoms with Gasteiger partial charge < -0.3 is 15.0 Å². The Kier molecular flexibility index (Phi) is 6.34. The Morgan fingerprint density at radius 2 is 2.03 bits per heavy atom. The van der Waals surface area contributed by atoms with Crippen LogP contribution in [0, 0.1) is 12.7 Å². The molecule has 1 aliphatic rings. The zero-order valence-corrected chi connectivity index (χ0v) is 20.3. The maximum atomic E-state index is 14.9. The number of aryl methyl sites for hydroxylation is 1. The fraction of sp³-hybridized carbons (Fsp3) is 0.476. The lowest BCUT2D eigenvalue weighted by Gasteiger charge is -2.34. The minimum atomic E-state index is -3.38. The number of nitrogens with zero attached hydrogens (tertiary/aromatic N) is 5. The normalized spacial score (nSPS) is 20.0. The molecule has 1 aromatic carbocycles. The van der Waals surface area contributed by atoms with Gasteiger partial charge in [0.2, 0.25) is 16.0 Å². The second-order valence-electron chi connectivity index (χ2n) is 8.57. The van der Waals surface area contributed by atoms with Gasteiger partial charge in [0.25, 0.3) is 0 Å². The number of benzene rings is 1. The van der Waals surface area contributed by atoms with Gasteiger partial charge in [0.05, 0.1) is 40.8 Å². The van der Waals surface area contributed by atoms with E-state index in [-0.39, 0.29) is 35.6 Å². The molecule has 178 valence electrons. The molecule has 2 atom stereocenters. The van der Waals surface area contributed by atoms with Crippen LogP contribution in [0.1, 0.15) is 32.1 Å². The van der Waals surface area contributed by atoms with E-state index in [1.807, 2.05) is 25.3 Å². The second-order valence-corrected chi connectivity index (χ2v) is 11.0. The third-order valence-corrected chi connectivity index (χ3v) is 7.33. The summed E-state index contributed by atoms with van der Waals surface area (Å²) in [7, 11) is -3.38. The number of imidazole rings is 1. The first-order chi connectivity index (χ1) is 15.5. The Morgan fingerprint density at radius 3 is 2.67 bits per heavy atom. The Bertz CT molecular complexity index is 1310. The van der Waals surface area contributed by atoms with Crippen LogP contribution in [0.3, 0.4) is 0 Å². The fourth-order valence-corrected chi connectivity index (χ4v) is 5.30. The van der Waals surface area contributed by atoms with Crippen molar-refractivity contribution in [3.05, 3.63) is 35.0 Å². The lowest BCUT2D eigenvalue weighted by atomic mass is 10.0. The van der Waals surface area contributed by atoms with Crippen LogP contribution in [0.25, 0.3) is 22.3 Å². The van der Waals surface area contributed by atoms with Gasteiger partial charge in [-0.1, -0.05) is 11.6 Å². The standard InChI is InChI=1S/C21H26ClFN6O3S/c1-11(2)29-12(3)25-20-15(23)7-13(8-17(20)29)19-14(22)9-24-21(27-19)26-16-5-6-28(10-18(16)30)33(4,31)32/h7-9,11,16,18,30H,5-6,10H2,1-4H3,(H,24,26,27). The molecule has 2 N–H and O–H groups in total. The number of aliphatic hydroxyl groups is 1. The number of rotatable bonds is 5. The van der Waals surface area contributed by atoms with Crippen molar-refractivity contribution in [2.24, 2.45) is 0 Å². The van der Waals surface area contributed by atoms with E-state index in [2.05, 4.69) is 20.3 Å². The maximum absolute atomic E-state index is 14.9. The highest BCUT2D eigenvalue weighted by atomic mass is 35.5. The molecule has 1 saturated heterocycles. The maximum Gasteiger partial charge on any atom is 0.223 e. The first-order valence-electron chi connectivity index (χ1n) is 10.6. The second kappa shape index (κ2) is 8.79. The zero-order valence-electron chi connectivity index (χ0n) is 18.7. The van der Waals surface area contributed by atoms with E-state index in [1.165, 1.54) is 16.6 Å². The first kappa shape index (κ1) is 23.8. The van der Waals surface area contributed by atoms with Crippen molar-refractivity contribution in [2.45, 2.75) is 45.4 Å². The lowest BCUT2D eigenvalue weighted by molar-refractivity contribution is 0.0950. The molecule has 9 nitrogen and oxygen atoms in total. The van der Waals surface area contributed by atoms with Crippen molar-refractivity contribution in [1.82, 2.24) is 23.8 Å². The molecule has 3 aromatic rings. The summed E-state index contributed by atoms with van der Waals surface area (Å²) in [5, 5.41) is 13.7. The number of hydrogen-bond donors (Lipinski definition) is 2. The van der Waals surface area contributed by atoms with Gasteiger partial charge >= 0.3 is 0 Å². The Hall–Kier alpha value is -2.34. The number of piperidine rings is 1. The summed E-state index contributed by atoms with van der Waals surface area (Å²) in [6, 6.07) is 2.79. The van der Waals surface area contributed by atoms with Crippen LogP contribution < -0.4 is 5.32 Å². The van der Waals surface area contributed by atoms with Gasteiger partial charge in [0.1, 0.15) is 11.3 Å². The van der Waals surface area contributed by atoms with Crippen LogP contribution in [0.5, 0.6) is 0 Å². The van der Waals surface area contributed by atoms with E-state index >= 15 is 0 Å². The van der Waals surface area contributed by atoms with Gasteiger partial charge in [-0.15, -0.1) is 0 Å². The number of aliphatic hydroxyl groups excluding tert-OH is 1. The SMILES string of the molecule is Cc1nc2c(F)cc(-c3nc(NC4CCN(S(C)(=O)=O)CC4O)ncc3Cl)cc2n1C(C)C. The number of halogens is 2. The molecule has 0 bridgehead atoms. The highest BCUT2D eigenvalue weighted by Crippen LogP contribution is 2.32. The number of sulfonamides is 1. The molecule has 0 aliphatic carbocycles. The van der Waals surface area contributed by atoms with Crippen molar-refractivity contribution >= 4 is 38.6 Å². The van der Waals surface area contributed by atoms with Crippen LogP contribution >= 0.6 is 11.6 Å². The molecule has 12 heteroatoms. The summed E-state index contributed by atoms with van der Waals surface area (Å²) >= 11 is 6.36. The molecule has 2 unspecified atom stereocenters. The van der Waals surface area contributed by atoms with E-state index in [1.54, 1.807) is 6.07 Å². The van der Waals surface area contributed by atoms with Gasteiger partial charge in [-0.25, -0.2) is 27.8 Å². The molecule has 33 heavy (non-hydrogen) atoms. The van der Waals surface area contributed by atoms with Crippen molar-refractivity contribution in [2.75, 3.05) is 24.7 Å². The predicted molar refractivity (Wildman–Crippen MR) is 125 cm³/mol. The number of hydrogen-bond acceptors (Lipinski definition) is 7. The van der Waals surface area contributed by atoms with Crippen molar-refractivity contribution in [3.63, 3.8) is 0 Å². The third-order valence-electron chi connectivity index (χ3n) is 5.79. The van der Waals surface area contributed by atoms with Crippen LogP contribution in [0.4, 0.5) is 10.3 Å². The molecular weight excluding hydrogens is 471 g/mol. The summed E-state index contributed by atoms with van der Waals surface area (Å²) in [4.78, 5) is 13.0. The van der Waals surface area contributed by atoms with Crippen molar-refractivity contribution < 1.29 is 17.9 Å². The summed E-state index contributed by atoms with van der Waals surface area (Å²) in [5.41, 5.74) is 1.75. The quantitative estimate of drug-likeness (QED) is 0.558. The third kappa shape index (κ3) is 4.68. The summed E-state index contributed by atoms with van der Waals surface area (Å²) in [5.74, 6) is 0.444. The molecule has 0 radical (unpaired) electrons. The van der Waals surface area contributed by atoms with E-state index in [0.29, 0.717) is 29.0 Å². The van der Waals surface area contributed by atoms with E-state index in [9.17, 15) is 17.9 Å². The minimum Gasteiger partial charge on any atom is -0.390 e. The van der Waals surface area contributed by atoms with E-state index in [0.717, 1.165) is 6.26 Å². The van der Waals surface area contributed by atoms with Crippen LogP contribution in [0.15, 0.2) is 18.3 Å². The van der Waals surface area contributed by atoms with E-state index < -0.39 is 28.0 Å². The Labute approximate surface area is 196 Å². The molecule has 0 amide bonds.